The van der Waals surface area contributed by atoms with Crippen molar-refractivity contribution < 1.29 is 9.47 Å². The first-order valence-corrected chi connectivity index (χ1v) is 7.89. The van der Waals surface area contributed by atoms with Gasteiger partial charge >= 0.3 is 0 Å². The van der Waals surface area contributed by atoms with E-state index in [0.717, 1.165) is 22.0 Å². The summed E-state index contributed by atoms with van der Waals surface area (Å²) >= 11 is 1.55. The van der Waals surface area contributed by atoms with Crippen molar-refractivity contribution in [2.75, 3.05) is 7.11 Å². The van der Waals surface area contributed by atoms with Crippen LogP contribution in [-0.2, 0) is 6.61 Å². The van der Waals surface area contributed by atoms with Crippen molar-refractivity contribution in [2.24, 2.45) is 0 Å². The number of aromatic nitrogens is 1. The summed E-state index contributed by atoms with van der Waals surface area (Å²) in [6.45, 7) is 0.362. The first-order chi connectivity index (χ1) is 11.3. The molecule has 0 atom stereocenters. The fourth-order valence-electron chi connectivity index (χ4n) is 2.13. The fourth-order valence-corrected chi connectivity index (χ4v) is 2.96. The standard InChI is InChI=1S/C18H14N2O2S/c1-21-17-8-3-2-7-16(17)18-20-14(12-23-18)11-22-15-6-4-5-13(9-15)10-19/h2-9,12H,11H2,1H3. The molecule has 0 bridgehead atoms. The van der Waals surface area contributed by atoms with Crippen LogP contribution in [0.5, 0.6) is 11.5 Å². The molecule has 3 rings (SSSR count). The molecule has 0 spiro atoms. The molecule has 0 fully saturated rings. The SMILES string of the molecule is COc1ccccc1-c1nc(COc2cccc(C#N)c2)cs1. The molecule has 2 aromatic carbocycles. The molecule has 23 heavy (non-hydrogen) atoms. The zero-order chi connectivity index (χ0) is 16.1. The second-order valence-corrected chi connectivity index (χ2v) is 5.63. The maximum atomic E-state index is 8.90. The topological polar surface area (TPSA) is 55.1 Å². The lowest BCUT2D eigenvalue weighted by molar-refractivity contribution is 0.302. The molecule has 0 aliphatic rings. The Hall–Kier alpha value is -2.84. The quantitative estimate of drug-likeness (QED) is 0.704. The van der Waals surface area contributed by atoms with E-state index in [0.29, 0.717) is 17.9 Å². The highest BCUT2D eigenvalue weighted by atomic mass is 32.1. The van der Waals surface area contributed by atoms with Crippen LogP contribution < -0.4 is 9.47 Å². The largest absolute Gasteiger partial charge is 0.496 e. The molecule has 0 aliphatic heterocycles. The van der Waals surface area contributed by atoms with E-state index in [1.807, 2.05) is 35.7 Å². The monoisotopic (exact) mass is 322 g/mol. The van der Waals surface area contributed by atoms with Gasteiger partial charge in [0.2, 0.25) is 0 Å². The second kappa shape index (κ2) is 6.95. The van der Waals surface area contributed by atoms with Gasteiger partial charge in [0.15, 0.2) is 0 Å². The minimum absolute atomic E-state index is 0.362. The summed E-state index contributed by atoms with van der Waals surface area (Å²) in [4.78, 5) is 4.60. The van der Waals surface area contributed by atoms with Crippen molar-refractivity contribution in [1.29, 1.82) is 5.26 Å². The van der Waals surface area contributed by atoms with Crippen molar-refractivity contribution in [2.45, 2.75) is 6.61 Å². The third-order valence-corrected chi connectivity index (χ3v) is 4.16. The van der Waals surface area contributed by atoms with Crippen molar-refractivity contribution in [3.63, 3.8) is 0 Å². The summed E-state index contributed by atoms with van der Waals surface area (Å²) in [6, 6.07) is 17.0. The van der Waals surface area contributed by atoms with E-state index in [1.165, 1.54) is 0 Å². The molecule has 0 saturated heterocycles. The lowest BCUT2D eigenvalue weighted by atomic mass is 10.2. The van der Waals surface area contributed by atoms with Crippen LogP contribution in [-0.4, -0.2) is 12.1 Å². The van der Waals surface area contributed by atoms with Gasteiger partial charge < -0.3 is 9.47 Å². The number of rotatable bonds is 5. The Morgan fingerprint density at radius 1 is 1.17 bits per heavy atom. The number of hydrogen-bond donors (Lipinski definition) is 0. The third-order valence-electron chi connectivity index (χ3n) is 3.24. The number of hydrogen-bond acceptors (Lipinski definition) is 5. The number of nitrogens with zero attached hydrogens (tertiary/aromatic N) is 2. The van der Waals surface area contributed by atoms with E-state index in [1.54, 1.807) is 36.6 Å². The van der Waals surface area contributed by atoms with E-state index in [4.69, 9.17) is 14.7 Å². The molecule has 0 unspecified atom stereocenters. The Morgan fingerprint density at radius 2 is 2.04 bits per heavy atom. The molecule has 3 aromatic rings. The van der Waals surface area contributed by atoms with Gasteiger partial charge in [-0.15, -0.1) is 11.3 Å². The number of nitriles is 1. The summed E-state index contributed by atoms with van der Waals surface area (Å²) in [7, 11) is 1.65. The van der Waals surface area contributed by atoms with Gasteiger partial charge in [0.05, 0.1) is 30.0 Å². The smallest absolute Gasteiger partial charge is 0.131 e. The average Bonchev–Trinajstić information content (AvgIpc) is 3.09. The third kappa shape index (κ3) is 3.50. The Morgan fingerprint density at radius 3 is 2.87 bits per heavy atom. The van der Waals surface area contributed by atoms with Gasteiger partial charge in [-0.05, 0) is 30.3 Å². The molecular formula is C18H14N2O2S. The van der Waals surface area contributed by atoms with E-state index in [2.05, 4.69) is 11.1 Å². The number of methoxy groups -OCH3 is 1. The molecule has 0 aliphatic carbocycles. The highest BCUT2D eigenvalue weighted by molar-refractivity contribution is 7.13. The number of para-hydroxylation sites is 1. The summed E-state index contributed by atoms with van der Waals surface area (Å²) < 4.78 is 11.1. The minimum Gasteiger partial charge on any atom is -0.496 e. The molecule has 0 saturated carbocycles. The van der Waals surface area contributed by atoms with Crippen LogP contribution in [0, 0.1) is 11.3 Å². The molecule has 0 N–H and O–H groups in total. The van der Waals surface area contributed by atoms with E-state index >= 15 is 0 Å². The van der Waals surface area contributed by atoms with Crippen LogP contribution in [0.3, 0.4) is 0 Å². The first-order valence-electron chi connectivity index (χ1n) is 7.01. The molecule has 0 amide bonds. The van der Waals surface area contributed by atoms with Crippen LogP contribution in [0.1, 0.15) is 11.3 Å². The van der Waals surface area contributed by atoms with Gasteiger partial charge in [-0.2, -0.15) is 5.26 Å². The van der Waals surface area contributed by atoms with Gasteiger partial charge in [-0.25, -0.2) is 4.98 Å². The predicted octanol–water partition coefficient (Wildman–Crippen LogP) is 4.27. The van der Waals surface area contributed by atoms with Crippen molar-refractivity contribution in [3.8, 4) is 28.1 Å². The molecule has 4 nitrogen and oxygen atoms in total. The summed E-state index contributed by atoms with van der Waals surface area (Å²) in [6.07, 6.45) is 0. The van der Waals surface area contributed by atoms with E-state index in [-0.39, 0.29) is 0 Å². The van der Waals surface area contributed by atoms with Crippen LogP contribution in [0.4, 0.5) is 0 Å². The molecule has 114 valence electrons. The van der Waals surface area contributed by atoms with E-state index < -0.39 is 0 Å². The highest BCUT2D eigenvalue weighted by Crippen LogP contribution is 2.32. The summed E-state index contributed by atoms with van der Waals surface area (Å²) in [5, 5.41) is 11.8. The van der Waals surface area contributed by atoms with Crippen LogP contribution in [0.25, 0.3) is 10.6 Å². The fraction of sp³-hybridized carbons (Fsp3) is 0.111. The Kier molecular flexibility index (Phi) is 4.55. The molecule has 1 heterocycles. The van der Waals surface area contributed by atoms with Gasteiger partial charge in [0, 0.05) is 5.38 Å². The molecule has 1 aromatic heterocycles. The number of ether oxygens (including phenoxy) is 2. The summed E-state index contributed by atoms with van der Waals surface area (Å²) in [5.41, 5.74) is 2.39. The summed E-state index contributed by atoms with van der Waals surface area (Å²) in [5.74, 6) is 1.46. The van der Waals surface area contributed by atoms with Crippen molar-refractivity contribution in [1.82, 2.24) is 4.98 Å². The Bertz CT molecular complexity index is 852. The average molecular weight is 322 g/mol. The van der Waals surface area contributed by atoms with Gasteiger partial charge in [-0.3, -0.25) is 0 Å². The first kappa shape index (κ1) is 15.1. The predicted molar refractivity (Wildman–Crippen MR) is 89.6 cm³/mol. The normalized spacial score (nSPS) is 10.1. The number of thiazole rings is 1. The minimum atomic E-state index is 0.362. The van der Waals surface area contributed by atoms with Gasteiger partial charge in [-0.1, -0.05) is 18.2 Å². The second-order valence-electron chi connectivity index (χ2n) is 4.77. The van der Waals surface area contributed by atoms with Crippen molar-refractivity contribution in [3.05, 3.63) is 65.2 Å². The Balaban J connectivity index is 1.73. The van der Waals surface area contributed by atoms with Gasteiger partial charge in [0.25, 0.3) is 0 Å². The van der Waals surface area contributed by atoms with Gasteiger partial charge in [0.1, 0.15) is 23.1 Å². The number of benzene rings is 2. The highest BCUT2D eigenvalue weighted by Gasteiger charge is 2.10. The van der Waals surface area contributed by atoms with Crippen LogP contribution >= 0.6 is 11.3 Å². The molecular weight excluding hydrogens is 308 g/mol. The molecule has 5 heteroatoms. The maximum absolute atomic E-state index is 8.90. The maximum Gasteiger partial charge on any atom is 0.131 e. The lowest BCUT2D eigenvalue weighted by Crippen LogP contribution is -1.96. The zero-order valence-electron chi connectivity index (χ0n) is 12.5. The van der Waals surface area contributed by atoms with Crippen LogP contribution in [0.2, 0.25) is 0 Å². The lowest BCUT2D eigenvalue weighted by Gasteiger charge is -2.05. The van der Waals surface area contributed by atoms with E-state index in [9.17, 15) is 0 Å². The molecule has 0 radical (unpaired) electrons. The zero-order valence-corrected chi connectivity index (χ0v) is 13.3. The van der Waals surface area contributed by atoms with Crippen LogP contribution in [0.15, 0.2) is 53.9 Å². The Labute approximate surface area is 138 Å². The van der Waals surface area contributed by atoms with Crippen molar-refractivity contribution >= 4 is 11.3 Å².